The van der Waals surface area contributed by atoms with Gasteiger partial charge in [-0.05, 0) is 49.5 Å². The summed E-state index contributed by atoms with van der Waals surface area (Å²) in [7, 11) is 0. The maximum absolute atomic E-state index is 4.42. The monoisotopic (exact) mass is 248 g/mol. The van der Waals surface area contributed by atoms with E-state index in [4.69, 9.17) is 0 Å². The van der Waals surface area contributed by atoms with Gasteiger partial charge in [0.05, 0.1) is 5.52 Å². The summed E-state index contributed by atoms with van der Waals surface area (Å²) in [4.78, 5) is 4.42. The average Bonchev–Trinajstić information content (AvgIpc) is 2.39. The van der Waals surface area contributed by atoms with Gasteiger partial charge in [-0.15, -0.1) is 12.4 Å². The standard InChI is InChI=1S/C14H16N2.ClH/c1-2-4-14-13(3-1)12(7-10-16-14)11-5-8-15-9-6-11;/h1-4,7,10-11,15H,5-6,8-9H2;1H. The van der Waals surface area contributed by atoms with Gasteiger partial charge in [-0.25, -0.2) is 0 Å². The molecule has 0 amide bonds. The van der Waals surface area contributed by atoms with Crippen LogP contribution in [0.4, 0.5) is 0 Å². The largest absolute Gasteiger partial charge is 0.317 e. The molecule has 1 saturated heterocycles. The van der Waals surface area contributed by atoms with Crippen molar-refractivity contribution in [2.45, 2.75) is 18.8 Å². The van der Waals surface area contributed by atoms with Crippen LogP contribution in [0.1, 0.15) is 24.3 Å². The van der Waals surface area contributed by atoms with E-state index in [9.17, 15) is 0 Å². The Bertz CT molecular complexity index is 487. The quantitative estimate of drug-likeness (QED) is 0.839. The fourth-order valence-corrected chi connectivity index (χ4v) is 2.61. The first kappa shape index (κ1) is 12.3. The molecule has 2 heterocycles. The third-order valence-corrected chi connectivity index (χ3v) is 3.46. The third kappa shape index (κ3) is 2.43. The van der Waals surface area contributed by atoms with E-state index in [0.717, 1.165) is 18.6 Å². The molecular weight excluding hydrogens is 232 g/mol. The maximum Gasteiger partial charge on any atom is 0.0704 e. The number of fused-ring (bicyclic) bond motifs is 1. The van der Waals surface area contributed by atoms with Gasteiger partial charge in [0, 0.05) is 11.6 Å². The van der Waals surface area contributed by atoms with Gasteiger partial charge >= 0.3 is 0 Å². The number of para-hydroxylation sites is 1. The van der Waals surface area contributed by atoms with Crippen LogP contribution < -0.4 is 5.32 Å². The van der Waals surface area contributed by atoms with Crippen molar-refractivity contribution in [2.24, 2.45) is 0 Å². The minimum absolute atomic E-state index is 0. The van der Waals surface area contributed by atoms with E-state index in [2.05, 4.69) is 40.6 Å². The first-order valence-corrected chi connectivity index (χ1v) is 5.99. The molecule has 0 aliphatic carbocycles. The summed E-state index contributed by atoms with van der Waals surface area (Å²) in [6.45, 7) is 2.28. The first-order valence-electron chi connectivity index (χ1n) is 5.99. The van der Waals surface area contributed by atoms with Gasteiger partial charge in [0.2, 0.25) is 0 Å². The summed E-state index contributed by atoms with van der Waals surface area (Å²) < 4.78 is 0. The molecule has 1 aromatic heterocycles. The lowest BCUT2D eigenvalue weighted by molar-refractivity contribution is 0.462. The maximum atomic E-state index is 4.42. The number of piperidine rings is 1. The van der Waals surface area contributed by atoms with E-state index in [0.29, 0.717) is 5.92 Å². The molecule has 1 N–H and O–H groups in total. The summed E-state index contributed by atoms with van der Waals surface area (Å²) in [5, 5.41) is 4.75. The summed E-state index contributed by atoms with van der Waals surface area (Å²) in [6, 6.07) is 10.6. The van der Waals surface area contributed by atoms with E-state index < -0.39 is 0 Å². The van der Waals surface area contributed by atoms with Crippen LogP contribution in [0.3, 0.4) is 0 Å². The molecule has 1 aliphatic heterocycles. The van der Waals surface area contributed by atoms with Crippen LogP contribution in [-0.4, -0.2) is 18.1 Å². The molecule has 3 rings (SSSR count). The number of hydrogen-bond donors (Lipinski definition) is 1. The Kier molecular flexibility index (Phi) is 3.97. The van der Waals surface area contributed by atoms with E-state index in [1.54, 1.807) is 0 Å². The Morgan fingerprint density at radius 2 is 1.82 bits per heavy atom. The summed E-state index contributed by atoms with van der Waals surface area (Å²) in [5.74, 6) is 0.703. The molecule has 0 radical (unpaired) electrons. The van der Waals surface area contributed by atoms with Crippen molar-refractivity contribution < 1.29 is 0 Å². The van der Waals surface area contributed by atoms with Crippen LogP contribution in [-0.2, 0) is 0 Å². The predicted octanol–water partition coefficient (Wildman–Crippen LogP) is 3.12. The Labute approximate surface area is 108 Å². The summed E-state index contributed by atoms with van der Waals surface area (Å²) >= 11 is 0. The zero-order chi connectivity index (χ0) is 10.8. The SMILES string of the molecule is Cl.c1ccc2c(C3CCNCC3)ccnc2c1. The number of hydrogen-bond acceptors (Lipinski definition) is 2. The Hall–Kier alpha value is -1.12. The zero-order valence-electron chi connectivity index (χ0n) is 9.73. The highest BCUT2D eigenvalue weighted by molar-refractivity contribution is 5.85. The third-order valence-electron chi connectivity index (χ3n) is 3.46. The fraction of sp³-hybridized carbons (Fsp3) is 0.357. The van der Waals surface area contributed by atoms with Gasteiger partial charge in [0.15, 0.2) is 0 Å². The number of rotatable bonds is 1. The Morgan fingerprint density at radius 3 is 2.65 bits per heavy atom. The molecule has 90 valence electrons. The molecule has 1 aliphatic rings. The fourth-order valence-electron chi connectivity index (χ4n) is 2.61. The lowest BCUT2D eigenvalue weighted by atomic mass is 9.88. The number of nitrogens with one attached hydrogen (secondary N) is 1. The van der Waals surface area contributed by atoms with Crippen molar-refractivity contribution in [1.82, 2.24) is 10.3 Å². The molecular formula is C14H17ClN2. The number of aromatic nitrogens is 1. The molecule has 1 aromatic carbocycles. The van der Waals surface area contributed by atoms with Crippen molar-refractivity contribution >= 4 is 23.3 Å². The van der Waals surface area contributed by atoms with Gasteiger partial charge in [0.1, 0.15) is 0 Å². The average molecular weight is 249 g/mol. The van der Waals surface area contributed by atoms with Crippen molar-refractivity contribution in [1.29, 1.82) is 0 Å². The van der Waals surface area contributed by atoms with Gasteiger partial charge in [-0.2, -0.15) is 0 Å². The van der Waals surface area contributed by atoms with Crippen LogP contribution >= 0.6 is 12.4 Å². The molecule has 2 aromatic rings. The highest BCUT2D eigenvalue weighted by atomic mass is 35.5. The molecule has 0 bridgehead atoms. The van der Waals surface area contributed by atoms with E-state index in [1.165, 1.54) is 23.8 Å². The number of pyridine rings is 1. The van der Waals surface area contributed by atoms with Gasteiger partial charge in [0.25, 0.3) is 0 Å². The second-order valence-electron chi connectivity index (χ2n) is 4.44. The van der Waals surface area contributed by atoms with Gasteiger partial charge in [-0.3, -0.25) is 4.98 Å². The lowest BCUT2D eigenvalue weighted by Crippen LogP contribution is -2.26. The minimum atomic E-state index is 0. The second kappa shape index (κ2) is 5.48. The van der Waals surface area contributed by atoms with E-state index in [1.807, 2.05) is 6.20 Å². The van der Waals surface area contributed by atoms with E-state index >= 15 is 0 Å². The smallest absolute Gasteiger partial charge is 0.0704 e. The number of halogens is 1. The van der Waals surface area contributed by atoms with Crippen molar-refractivity contribution in [3.05, 3.63) is 42.1 Å². The molecule has 1 fully saturated rings. The van der Waals surface area contributed by atoms with Crippen LogP contribution in [0.15, 0.2) is 36.5 Å². The zero-order valence-corrected chi connectivity index (χ0v) is 10.5. The highest BCUT2D eigenvalue weighted by Gasteiger charge is 2.17. The number of benzene rings is 1. The molecule has 3 heteroatoms. The predicted molar refractivity (Wildman–Crippen MR) is 73.8 cm³/mol. The van der Waals surface area contributed by atoms with Crippen molar-refractivity contribution in [3.63, 3.8) is 0 Å². The normalized spacial score (nSPS) is 16.7. The summed E-state index contributed by atoms with van der Waals surface area (Å²) in [5.41, 5.74) is 2.60. The molecule has 2 nitrogen and oxygen atoms in total. The minimum Gasteiger partial charge on any atom is -0.317 e. The van der Waals surface area contributed by atoms with Crippen LogP contribution in [0.25, 0.3) is 10.9 Å². The van der Waals surface area contributed by atoms with Gasteiger partial charge < -0.3 is 5.32 Å². The summed E-state index contributed by atoms with van der Waals surface area (Å²) in [6.07, 6.45) is 4.43. The Morgan fingerprint density at radius 1 is 1.06 bits per heavy atom. The second-order valence-corrected chi connectivity index (χ2v) is 4.44. The topological polar surface area (TPSA) is 24.9 Å². The van der Waals surface area contributed by atoms with Crippen LogP contribution in [0.5, 0.6) is 0 Å². The molecule has 0 atom stereocenters. The molecule has 17 heavy (non-hydrogen) atoms. The van der Waals surface area contributed by atoms with E-state index in [-0.39, 0.29) is 12.4 Å². The first-order chi connectivity index (χ1) is 7.95. The molecule has 0 saturated carbocycles. The number of nitrogens with zero attached hydrogens (tertiary/aromatic N) is 1. The molecule has 0 spiro atoms. The van der Waals surface area contributed by atoms with Crippen molar-refractivity contribution in [3.8, 4) is 0 Å². The van der Waals surface area contributed by atoms with Crippen LogP contribution in [0.2, 0.25) is 0 Å². The van der Waals surface area contributed by atoms with Crippen molar-refractivity contribution in [2.75, 3.05) is 13.1 Å². The molecule has 0 unspecified atom stereocenters. The highest BCUT2D eigenvalue weighted by Crippen LogP contribution is 2.30. The lowest BCUT2D eigenvalue weighted by Gasteiger charge is -2.23. The van der Waals surface area contributed by atoms with Gasteiger partial charge in [-0.1, -0.05) is 18.2 Å². The van der Waals surface area contributed by atoms with Crippen LogP contribution in [0, 0.1) is 0 Å². The Balaban J connectivity index is 0.00000108.